The molecule has 0 saturated carbocycles. The zero-order chi connectivity index (χ0) is 20.7. The van der Waals surface area contributed by atoms with Crippen molar-refractivity contribution >= 4 is 15.8 Å². The lowest BCUT2D eigenvalue weighted by Crippen LogP contribution is -2.39. The lowest BCUT2D eigenvalue weighted by Gasteiger charge is -2.32. The zero-order valence-electron chi connectivity index (χ0n) is 16.1. The molecule has 156 valence electrons. The SMILES string of the molecule is O=C(O)CCN1CCOC(c2ccc(OCCS(=O)(=O)c3ccccc3)cc2)C1. The molecule has 8 heteroatoms. The lowest BCUT2D eigenvalue weighted by molar-refractivity contribution is -0.137. The number of carbonyl (C=O) groups is 1. The Morgan fingerprint density at radius 2 is 1.86 bits per heavy atom. The third-order valence-corrected chi connectivity index (χ3v) is 6.46. The van der Waals surface area contributed by atoms with Crippen molar-refractivity contribution in [2.45, 2.75) is 17.4 Å². The van der Waals surface area contributed by atoms with Crippen molar-refractivity contribution in [1.29, 1.82) is 0 Å². The van der Waals surface area contributed by atoms with Crippen molar-refractivity contribution in [2.75, 3.05) is 38.6 Å². The Bertz CT molecular complexity index is 899. The molecule has 1 fully saturated rings. The van der Waals surface area contributed by atoms with Crippen LogP contribution in [0.2, 0.25) is 0 Å². The predicted octanol–water partition coefficient (Wildman–Crippen LogP) is 2.39. The number of morpholine rings is 1. The number of aliphatic carboxylic acids is 1. The van der Waals surface area contributed by atoms with Gasteiger partial charge in [0, 0.05) is 19.6 Å². The highest BCUT2D eigenvalue weighted by Gasteiger charge is 2.22. The summed E-state index contributed by atoms with van der Waals surface area (Å²) in [6.45, 7) is 2.50. The molecule has 1 aliphatic heterocycles. The minimum atomic E-state index is -3.37. The molecule has 0 aromatic heterocycles. The molecule has 0 amide bonds. The number of carboxylic acid groups (broad SMARTS) is 1. The van der Waals surface area contributed by atoms with Gasteiger partial charge in [-0.05, 0) is 29.8 Å². The van der Waals surface area contributed by atoms with Crippen molar-refractivity contribution in [3.8, 4) is 5.75 Å². The van der Waals surface area contributed by atoms with Crippen molar-refractivity contribution in [2.24, 2.45) is 0 Å². The van der Waals surface area contributed by atoms with E-state index in [1.165, 1.54) is 0 Å². The first-order chi connectivity index (χ1) is 13.9. The lowest BCUT2D eigenvalue weighted by atomic mass is 10.1. The highest BCUT2D eigenvalue weighted by molar-refractivity contribution is 7.91. The molecule has 1 heterocycles. The third kappa shape index (κ3) is 6.28. The first-order valence-corrected chi connectivity index (χ1v) is 11.2. The van der Waals surface area contributed by atoms with Crippen molar-refractivity contribution in [3.63, 3.8) is 0 Å². The molecular formula is C21H25NO6S. The maximum absolute atomic E-state index is 12.3. The monoisotopic (exact) mass is 419 g/mol. The van der Waals surface area contributed by atoms with Crippen LogP contribution in [0.4, 0.5) is 0 Å². The summed E-state index contributed by atoms with van der Waals surface area (Å²) in [5, 5.41) is 8.83. The maximum Gasteiger partial charge on any atom is 0.304 e. The average Bonchev–Trinajstić information content (AvgIpc) is 2.73. The highest BCUT2D eigenvalue weighted by atomic mass is 32.2. The summed E-state index contributed by atoms with van der Waals surface area (Å²) in [5.74, 6) is -0.303. The van der Waals surface area contributed by atoms with Crippen LogP contribution < -0.4 is 4.74 Å². The van der Waals surface area contributed by atoms with Gasteiger partial charge >= 0.3 is 5.97 Å². The minimum Gasteiger partial charge on any atom is -0.493 e. The predicted molar refractivity (Wildman–Crippen MR) is 108 cm³/mol. The Morgan fingerprint density at radius 3 is 2.55 bits per heavy atom. The van der Waals surface area contributed by atoms with Crippen LogP contribution in [0.15, 0.2) is 59.5 Å². The number of ether oxygens (including phenoxy) is 2. The quantitative estimate of drug-likeness (QED) is 0.667. The van der Waals surface area contributed by atoms with Crippen LogP contribution in [0.1, 0.15) is 18.1 Å². The zero-order valence-corrected chi connectivity index (χ0v) is 16.9. The largest absolute Gasteiger partial charge is 0.493 e. The van der Waals surface area contributed by atoms with E-state index in [1.54, 1.807) is 42.5 Å². The molecule has 29 heavy (non-hydrogen) atoms. The number of sulfone groups is 1. The van der Waals surface area contributed by atoms with Crippen LogP contribution in [-0.2, 0) is 19.4 Å². The summed E-state index contributed by atoms with van der Waals surface area (Å²) in [5.41, 5.74) is 0.981. The summed E-state index contributed by atoms with van der Waals surface area (Å²) in [6.07, 6.45) is -0.00387. The molecule has 2 aromatic carbocycles. The molecule has 1 saturated heterocycles. The molecule has 0 spiro atoms. The molecule has 0 aliphatic carbocycles. The number of hydrogen-bond donors (Lipinski definition) is 1. The third-order valence-electron chi connectivity index (χ3n) is 4.77. The van der Waals surface area contributed by atoms with Gasteiger partial charge in [-0.1, -0.05) is 30.3 Å². The molecule has 3 rings (SSSR count). The number of rotatable bonds is 9. The minimum absolute atomic E-state index is 0.0689. The molecule has 7 nitrogen and oxygen atoms in total. The van der Waals surface area contributed by atoms with Crippen LogP contribution >= 0.6 is 0 Å². The number of nitrogens with zero attached hydrogens (tertiary/aromatic N) is 1. The average molecular weight is 419 g/mol. The van der Waals surface area contributed by atoms with E-state index < -0.39 is 15.8 Å². The Balaban J connectivity index is 1.50. The Kier molecular flexibility index (Phi) is 7.24. The van der Waals surface area contributed by atoms with Crippen LogP contribution in [0.25, 0.3) is 0 Å². The van der Waals surface area contributed by atoms with Gasteiger partial charge in [-0.3, -0.25) is 9.69 Å². The van der Waals surface area contributed by atoms with Crippen molar-refractivity contribution in [1.82, 2.24) is 4.90 Å². The Morgan fingerprint density at radius 1 is 1.14 bits per heavy atom. The van der Waals surface area contributed by atoms with Crippen LogP contribution in [-0.4, -0.2) is 63.0 Å². The van der Waals surface area contributed by atoms with Gasteiger partial charge in [0.05, 0.1) is 29.8 Å². The molecule has 0 radical (unpaired) electrons. The maximum atomic E-state index is 12.3. The first-order valence-electron chi connectivity index (χ1n) is 9.50. The molecule has 0 bridgehead atoms. The number of carboxylic acids is 1. The fourth-order valence-corrected chi connectivity index (χ4v) is 4.26. The second-order valence-corrected chi connectivity index (χ2v) is 8.96. The van der Waals surface area contributed by atoms with Gasteiger partial charge in [-0.25, -0.2) is 8.42 Å². The molecule has 1 atom stereocenters. The second-order valence-electron chi connectivity index (χ2n) is 6.85. The summed E-state index contributed by atoms with van der Waals surface area (Å²) in [7, 11) is -3.37. The molecule has 2 aromatic rings. The number of benzene rings is 2. The van der Waals surface area contributed by atoms with Crippen molar-refractivity contribution in [3.05, 3.63) is 60.2 Å². The van der Waals surface area contributed by atoms with E-state index in [9.17, 15) is 13.2 Å². The summed E-state index contributed by atoms with van der Waals surface area (Å²) in [4.78, 5) is 13.1. The van der Waals surface area contributed by atoms with Crippen LogP contribution in [0, 0.1) is 0 Å². The van der Waals surface area contributed by atoms with E-state index in [2.05, 4.69) is 4.90 Å². The van der Waals surface area contributed by atoms with Crippen LogP contribution in [0.3, 0.4) is 0 Å². The van der Waals surface area contributed by atoms with Crippen LogP contribution in [0.5, 0.6) is 5.75 Å². The Hall–Kier alpha value is -2.42. The van der Waals surface area contributed by atoms with Gasteiger partial charge in [0.15, 0.2) is 9.84 Å². The summed E-state index contributed by atoms with van der Waals surface area (Å²) < 4.78 is 35.9. The fourth-order valence-electron chi connectivity index (χ4n) is 3.15. The first kappa shape index (κ1) is 21.3. The van der Waals surface area contributed by atoms with Crippen molar-refractivity contribution < 1.29 is 27.8 Å². The van der Waals surface area contributed by atoms with Gasteiger partial charge in [0.2, 0.25) is 0 Å². The molecule has 1 N–H and O–H groups in total. The second kappa shape index (κ2) is 9.87. The highest BCUT2D eigenvalue weighted by Crippen LogP contribution is 2.24. The molecule has 1 unspecified atom stereocenters. The number of hydrogen-bond acceptors (Lipinski definition) is 6. The molecular weight excluding hydrogens is 394 g/mol. The molecule has 1 aliphatic rings. The standard InChI is InChI=1S/C21H25NO6S/c23-21(24)10-11-22-12-13-28-20(16-22)17-6-8-18(9-7-17)27-14-15-29(25,26)19-4-2-1-3-5-19/h1-9,20H,10-16H2,(H,23,24). The Labute approximate surface area is 170 Å². The summed E-state index contributed by atoms with van der Waals surface area (Å²) in [6, 6.07) is 15.7. The smallest absolute Gasteiger partial charge is 0.304 e. The normalized spacial score (nSPS) is 17.7. The van der Waals surface area contributed by atoms with Gasteiger partial charge in [0.1, 0.15) is 12.4 Å². The van der Waals surface area contributed by atoms with Gasteiger partial charge in [-0.2, -0.15) is 0 Å². The topological polar surface area (TPSA) is 93.1 Å². The van der Waals surface area contributed by atoms with E-state index in [-0.39, 0.29) is 24.9 Å². The van der Waals surface area contributed by atoms with Gasteiger partial charge in [0.25, 0.3) is 0 Å². The van der Waals surface area contributed by atoms with E-state index in [1.807, 2.05) is 12.1 Å². The van der Waals surface area contributed by atoms with Gasteiger partial charge in [-0.15, -0.1) is 0 Å². The van der Waals surface area contributed by atoms with Gasteiger partial charge < -0.3 is 14.6 Å². The fraction of sp³-hybridized carbons (Fsp3) is 0.381. The van der Waals surface area contributed by atoms with E-state index in [4.69, 9.17) is 14.6 Å². The van der Waals surface area contributed by atoms with E-state index >= 15 is 0 Å². The van der Waals surface area contributed by atoms with E-state index in [0.717, 1.165) is 12.1 Å². The van der Waals surface area contributed by atoms with E-state index in [0.29, 0.717) is 30.3 Å². The summed E-state index contributed by atoms with van der Waals surface area (Å²) >= 11 is 0.